The summed E-state index contributed by atoms with van der Waals surface area (Å²) in [5.41, 5.74) is 15.1. The molecule has 280 valence electrons. The summed E-state index contributed by atoms with van der Waals surface area (Å²) in [5.74, 6) is -0.0590. The van der Waals surface area contributed by atoms with Gasteiger partial charge in [0.25, 0.3) is 0 Å². The average molecular weight is 919 g/mol. The molecule has 57 heavy (non-hydrogen) atoms. The Bertz CT molecular complexity index is 2900. The van der Waals surface area contributed by atoms with Crippen LogP contribution in [0.25, 0.3) is 83.9 Å². The van der Waals surface area contributed by atoms with Gasteiger partial charge in [-0.1, -0.05) is 157 Å². The summed E-state index contributed by atoms with van der Waals surface area (Å²) >= 11 is 0. The second kappa shape index (κ2) is 16.0. The van der Waals surface area contributed by atoms with Gasteiger partial charge in [0.2, 0.25) is 0 Å². The maximum absolute atomic E-state index is 11.3. The molecule has 0 aliphatic heterocycles. The second-order valence-corrected chi connectivity index (χ2v) is 14.4. The first-order chi connectivity index (χ1) is 27.7. The number of pyridine rings is 1. The number of nitrogens with zero attached hydrogens (tertiary/aromatic N) is 3. The van der Waals surface area contributed by atoms with Crippen molar-refractivity contribution in [3.05, 3.63) is 193 Å². The Kier molecular flexibility index (Phi) is 10.2. The van der Waals surface area contributed by atoms with Crippen molar-refractivity contribution in [3.63, 3.8) is 0 Å². The van der Waals surface area contributed by atoms with E-state index in [0.717, 1.165) is 78.0 Å². The molecule has 0 unspecified atom stereocenters. The van der Waals surface area contributed by atoms with E-state index in [2.05, 4.69) is 127 Å². The van der Waals surface area contributed by atoms with Crippen molar-refractivity contribution in [1.82, 2.24) is 14.5 Å². The zero-order valence-electron chi connectivity index (χ0n) is 32.8. The first-order valence-electron chi connectivity index (χ1n) is 19.4. The minimum Gasteiger partial charge on any atom is -0.507 e. The van der Waals surface area contributed by atoms with Gasteiger partial charge in [-0.05, 0) is 77.0 Å². The monoisotopic (exact) mass is 918 g/mol. The van der Waals surface area contributed by atoms with Gasteiger partial charge in [0.05, 0.1) is 22.3 Å². The number of hydrogen-bond donors (Lipinski definition) is 1. The number of phenols is 1. The molecule has 0 bridgehead atoms. The van der Waals surface area contributed by atoms with Crippen molar-refractivity contribution >= 4 is 11.0 Å². The first kappa shape index (κ1) is 36.3. The van der Waals surface area contributed by atoms with Crippen LogP contribution in [0.5, 0.6) is 5.75 Å². The zero-order chi connectivity index (χ0) is 39.1. The predicted octanol–water partition coefficient (Wildman–Crippen LogP) is 13.4. The molecular weight excluding hydrogens is 878 g/mol. The molecule has 0 fully saturated rings. The van der Waals surface area contributed by atoms with Crippen LogP contribution in [0.3, 0.4) is 0 Å². The maximum atomic E-state index is 11.3. The van der Waals surface area contributed by atoms with Gasteiger partial charge in [0.1, 0.15) is 11.6 Å². The van der Waals surface area contributed by atoms with E-state index in [0.29, 0.717) is 11.4 Å². The molecule has 2 heterocycles. The van der Waals surface area contributed by atoms with Crippen LogP contribution in [0.4, 0.5) is 0 Å². The van der Waals surface area contributed by atoms with Crippen LogP contribution in [0.1, 0.15) is 32.2 Å². The first-order valence-corrected chi connectivity index (χ1v) is 18.9. The minimum atomic E-state index is -0.807. The summed E-state index contributed by atoms with van der Waals surface area (Å²) in [7, 11) is 0. The summed E-state index contributed by atoms with van der Waals surface area (Å²) in [6.07, 6.45) is 1.87. The fourth-order valence-corrected chi connectivity index (χ4v) is 7.45. The molecule has 5 heteroatoms. The van der Waals surface area contributed by atoms with Gasteiger partial charge in [-0.15, -0.1) is 23.8 Å². The van der Waals surface area contributed by atoms with E-state index in [1.807, 2.05) is 74.6 Å². The van der Waals surface area contributed by atoms with E-state index in [9.17, 15) is 5.11 Å². The Labute approximate surface area is 349 Å². The van der Waals surface area contributed by atoms with E-state index >= 15 is 0 Å². The number of fused-ring (bicyclic) bond motifs is 1. The van der Waals surface area contributed by atoms with Gasteiger partial charge in [-0.2, -0.15) is 0 Å². The number of hydrogen-bond acceptors (Lipinski definition) is 3. The van der Waals surface area contributed by atoms with Crippen molar-refractivity contribution in [2.45, 2.75) is 26.7 Å². The van der Waals surface area contributed by atoms with Crippen molar-refractivity contribution in [3.8, 4) is 78.6 Å². The summed E-state index contributed by atoms with van der Waals surface area (Å²) in [4.78, 5) is 10.3. The van der Waals surface area contributed by atoms with Crippen molar-refractivity contribution in [2.75, 3.05) is 0 Å². The fraction of sp³-hybridized carbons (Fsp3) is 0.0769. The Balaban J connectivity index is 0.00000469. The smallest absolute Gasteiger partial charge is 0.148 e. The molecule has 0 amide bonds. The van der Waals surface area contributed by atoms with E-state index in [1.165, 1.54) is 5.56 Å². The summed E-state index contributed by atoms with van der Waals surface area (Å²) in [6, 6.07) is 61.3. The number of benzene rings is 7. The molecular formula is C52H40N3OPt-. The summed E-state index contributed by atoms with van der Waals surface area (Å²) in [5, 5.41) is 11.3. The largest absolute Gasteiger partial charge is 0.507 e. The number of para-hydroxylation sites is 2. The minimum absolute atomic E-state index is 0. The van der Waals surface area contributed by atoms with Crippen LogP contribution >= 0.6 is 0 Å². The zero-order valence-corrected chi connectivity index (χ0v) is 34.1. The Morgan fingerprint density at radius 3 is 2.00 bits per heavy atom. The van der Waals surface area contributed by atoms with Crippen LogP contribution in [-0.4, -0.2) is 19.6 Å². The van der Waals surface area contributed by atoms with E-state index in [-0.39, 0.29) is 26.8 Å². The van der Waals surface area contributed by atoms with Gasteiger partial charge < -0.3 is 5.11 Å². The molecule has 0 saturated heterocycles. The molecule has 7 aromatic carbocycles. The Morgan fingerprint density at radius 2 is 1.26 bits per heavy atom. The van der Waals surface area contributed by atoms with E-state index in [1.54, 1.807) is 6.07 Å². The van der Waals surface area contributed by atoms with Crippen LogP contribution in [0.15, 0.2) is 176 Å². The van der Waals surface area contributed by atoms with Crippen molar-refractivity contribution < 1.29 is 27.5 Å². The molecule has 0 aliphatic rings. The third-order valence-electron chi connectivity index (χ3n) is 10.4. The Hall–Kier alpha value is -6.35. The standard InChI is InChI=1S/C52H40N3O.Pt/c1-34(2)39-25-26-48(46(32-39)38-15-8-5-9-16-38)55-49-19-12-18-44(51(49)54-52(55)45-17-10-11-20-50(45)56)42-29-41(36-13-6-4-7-14-36)30-43(31-42)47-33-40(27-28-53-47)37-23-21-35(3)22-24-37;/h4-30,32-34,56H,1-3H3;/q-1;/i34D;. The molecule has 0 aliphatic carbocycles. The predicted molar refractivity (Wildman–Crippen MR) is 231 cm³/mol. The van der Waals surface area contributed by atoms with Gasteiger partial charge >= 0.3 is 0 Å². The van der Waals surface area contributed by atoms with Gasteiger partial charge in [0, 0.05) is 39.9 Å². The van der Waals surface area contributed by atoms with Crippen LogP contribution in [0, 0.1) is 13.0 Å². The number of aryl methyl sites for hydroxylation is 1. The molecule has 0 saturated carbocycles. The number of rotatable bonds is 8. The quantitative estimate of drug-likeness (QED) is 0.155. The van der Waals surface area contributed by atoms with Crippen LogP contribution < -0.4 is 0 Å². The molecule has 4 nitrogen and oxygen atoms in total. The molecule has 9 aromatic rings. The number of aromatic nitrogens is 3. The van der Waals surface area contributed by atoms with Crippen molar-refractivity contribution in [2.24, 2.45) is 0 Å². The van der Waals surface area contributed by atoms with Gasteiger partial charge in [-0.3, -0.25) is 9.55 Å². The molecule has 2 aromatic heterocycles. The molecule has 9 rings (SSSR count). The van der Waals surface area contributed by atoms with E-state index < -0.39 is 5.89 Å². The molecule has 0 spiro atoms. The topological polar surface area (TPSA) is 50.9 Å². The van der Waals surface area contributed by atoms with E-state index in [4.69, 9.17) is 11.3 Å². The van der Waals surface area contributed by atoms with Crippen LogP contribution in [-0.2, 0) is 21.1 Å². The molecule has 1 N–H and O–H groups in total. The van der Waals surface area contributed by atoms with Crippen molar-refractivity contribution in [1.29, 1.82) is 0 Å². The second-order valence-electron chi connectivity index (χ2n) is 14.4. The molecule has 0 radical (unpaired) electrons. The average Bonchev–Trinajstić information content (AvgIpc) is 3.63. The normalized spacial score (nSPS) is 11.6. The molecule has 0 atom stereocenters. The summed E-state index contributed by atoms with van der Waals surface area (Å²) in [6.45, 7) is 5.91. The van der Waals surface area contributed by atoms with Crippen LogP contribution in [0.2, 0.25) is 0 Å². The fourth-order valence-electron chi connectivity index (χ4n) is 7.45. The number of aromatic hydroxyl groups is 1. The third-order valence-corrected chi connectivity index (χ3v) is 10.4. The maximum Gasteiger partial charge on any atom is 0.148 e. The third kappa shape index (κ3) is 7.37. The SMILES string of the molecule is [2H]C(C)(C)c1ccc(-n2c(-c3ccccc3O)nc3c(-c4[c-]c(-c5cc(-c6ccc(C)cc6)ccn5)cc(-c5ccccc5)c4)cccc32)c(-c2ccccc2)c1.[Pt]. The summed E-state index contributed by atoms with van der Waals surface area (Å²) < 4.78 is 11.0. The Morgan fingerprint density at radius 1 is 0.596 bits per heavy atom. The number of imidazole rings is 1. The van der Waals surface area contributed by atoms with Gasteiger partial charge in [-0.25, -0.2) is 4.98 Å². The number of phenolic OH excluding ortho intramolecular Hbond substituents is 1. The van der Waals surface area contributed by atoms with Gasteiger partial charge in [0.15, 0.2) is 0 Å².